The quantitative estimate of drug-likeness (QED) is 0.199. The third-order valence-electron chi connectivity index (χ3n) is 5.47. The van der Waals surface area contributed by atoms with Gasteiger partial charge in [-0.1, -0.05) is 0 Å². The van der Waals surface area contributed by atoms with Crippen molar-refractivity contribution in [2.75, 3.05) is 11.9 Å². The molecule has 0 aliphatic carbocycles. The molecular formula is C23H25FN3NaO6. The van der Waals surface area contributed by atoms with Gasteiger partial charge in [0.1, 0.15) is 5.82 Å². The molecule has 1 aliphatic heterocycles. The standard InChI is InChI=1S/C23H26FN3O6.Na/c1-11-19(10-17-16-7-13(24)3-4-18(16)27-22(17)32)26-12(2)21(11)23(33)25-6-5-14(28)8-15(29)9-20(30)31;/h3-4,7,10,14-15,26,28-29H,5-6,8-9H2,1-2H3,(H,25,33)(H,27,32)(H,30,31);/q;+1/p-1/b17-10-;/t14-,15-;/m1./s1. The van der Waals surface area contributed by atoms with Crippen LogP contribution in [0.15, 0.2) is 18.2 Å². The summed E-state index contributed by atoms with van der Waals surface area (Å²) in [7, 11) is 0. The number of aromatic nitrogens is 1. The molecule has 34 heavy (non-hydrogen) atoms. The summed E-state index contributed by atoms with van der Waals surface area (Å²) in [6.45, 7) is 3.53. The molecule has 0 fully saturated rings. The number of benzene rings is 1. The molecule has 2 aromatic rings. The Balaban J connectivity index is 0.00000408. The van der Waals surface area contributed by atoms with E-state index >= 15 is 0 Å². The second-order valence-electron chi connectivity index (χ2n) is 8.03. The number of amides is 2. The van der Waals surface area contributed by atoms with E-state index in [4.69, 9.17) is 0 Å². The fraction of sp³-hybridized carbons (Fsp3) is 0.348. The van der Waals surface area contributed by atoms with Crippen molar-refractivity contribution in [3.8, 4) is 0 Å². The zero-order chi connectivity index (χ0) is 24.3. The molecule has 0 unspecified atom stereocenters. The number of aliphatic hydroxyl groups is 2. The largest absolute Gasteiger partial charge is 1.00 e. The van der Waals surface area contributed by atoms with Gasteiger partial charge >= 0.3 is 29.6 Å². The number of halogens is 1. The van der Waals surface area contributed by atoms with Crippen molar-refractivity contribution in [1.82, 2.24) is 10.3 Å². The molecule has 5 N–H and O–H groups in total. The molecule has 2 amide bonds. The number of carbonyl (C=O) groups is 3. The Labute approximate surface area is 217 Å². The zero-order valence-electron chi connectivity index (χ0n) is 19.2. The van der Waals surface area contributed by atoms with Gasteiger partial charge in [-0.3, -0.25) is 9.59 Å². The molecule has 0 saturated heterocycles. The first-order valence-corrected chi connectivity index (χ1v) is 10.4. The minimum Gasteiger partial charge on any atom is -0.550 e. The number of aliphatic carboxylic acids is 1. The van der Waals surface area contributed by atoms with Gasteiger partial charge in [-0.25, -0.2) is 4.39 Å². The maximum atomic E-state index is 13.7. The molecule has 2 heterocycles. The Hall–Kier alpha value is -2.50. The number of carboxylic acid groups (broad SMARTS) is 1. The van der Waals surface area contributed by atoms with Gasteiger partial charge in [0.15, 0.2) is 0 Å². The SMILES string of the molecule is Cc1[nH]c(/C=C2\C(=O)Nc3ccc(F)cc32)c(C)c1C(=O)NCC[C@@H](O)C[C@@H](O)CC(=O)[O-].[Na+]. The number of carboxylic acids is 1. The fourth-order valence-electron chi connectivity index (χ4n) is 3.86. The summed E-state index contributed by atoms with van der Waals surface area (Å²) >= 11 is 0. The van der Waals surface area contributed by atoms with Gasteiger partial charge in [-0.05, 0) is 56.5 Å². The molecule has 176 valence electrons. The van der Waals surface area contributed by atoms with Crippen molar-refractivity contribution >= 4 is 35.1 Å². The number of H-pyrrole nitrogens is 1. The van der Waals surface area contributed by atoms with Crippen molar-refractivity contribution in [2.24, 2.45) is 0 Å². The minimum absolute atomic E-state index is 0. The third kappa shape index (κ3) is 6.55. The summed E-state index contributed by atoms with van der Waals surface area (Å²) in [5.41, 5.74) is 3.30. The van der Waals surface area contributed by atoms with Crippen LogP contribution in [-0.2, 0) is 9.59 Å². The summed E-state index contributed by atoms with van der Waals surface area (Å²) in [4.78, 5) is 38.6. The van der Waals surface area contributed by atoms with Crippen LogP contribution in [0.3, 0.4) is 0 Å². The molecular weight excluding hydrogens is 456 g/mol. The molecule has 3 rings (SSSR count). The molecule has 0 radical (unpaired) electrons. The van der Waals surface area contributed by atoms with Gasteiger partial charge < -0.3 is 35.7 Å². The number of aliphatic hydroxyl groups excluding tert-OH is 2. The van der Waals surface area contributed by atoms with Crippen molar-refractivity contribution in [3.63, 3.8) is 0 Å². The van der Waals surface area contributed by atoms with Crippen LogP contribution in [0.4, 0.5) is 10.1 Å². The van der Waals surface area contributed by atoms with Crippen LogP contribution >= 0.6 is 0 Å². The summed E-state index contributed by atoms with van der Waals surface area (Å²) in [5, 5.41) is 35.3. The number of anilines is 1. The Morgan fingerprint density at radius 2 is 1.94 bits per heavy atom. The van der Waals surface area contributed by atoms with E-state index in [1.165, 1.54) is 18.2 Å². The van der Waals surface area contributed by atoms with E-state index < -0.39 is 36.3 Å². The van der Waals surface area contributed by atoms with Crippen molar-refractivity contribution in [1.29, 1.82) is 0 Å². The number of nitrogens with one attached hydrogen (secondary N) is 3. The van der Waals surface area contributed by atoms with E-state index in [0.29, 0.717) is 33.8 Å². The second kappa shape index (κ2) is 11.8. The molecule has 1 aliphatic rings. The van der Waals surface area contributed by atoms with E-state index in [0.717, 1.165) is 0 Å². The normalized spacial score (nSPS) is 15.3. The van der Waals surface area contributed by atoms with Crippen LogP contribution < -0.4 is 45.3 Å². The predicted molar refractivity (Wildman–Crippen MR) is 116 cm³/mol. The van der Waals surface area contributed by atoms with Crippen molar-refractivity contribution in [2.45, 2.75) is 45.3 Å². The number of hydrogen-bond donors (Lipinski definition) is 5. The van der Waals surface area contributed by atoms with Crippen LogP contribution in [0.25, 0.3) is 11.6 Å². The average Bonchev–Trinajstić information content (AvgIpc) is 3.16. The minimum atomic E-state index is -1.41. The third-order valence-corrected chi connectivity index (χ3v) is 5.47. The summed E-state index contributed by atoms with van der Waals surface area (Å²) in [5.74, 6) is -2.64. The van der Waals surface area contributed by atoms with Crippen LogP contribution in [0.1, 0.15) is 52.1 Å². The number of hydrogen-bond acceptors (Lipinski definition) is 6. The number of aromatic amines is 1. The topological polar surface area (TPSA) is 155 Å². The Morgan fingerprint density at radius 1 is 1.24 bits per heavy atom. The van der Waals surface area contributed by atoms with Gasteiger partial charge in [0.2, 0.25) is 0 Å². The number of carbonyl (C=O) groups excluding carboxylic acids is 3. The smallest absolute Gasteiger partial charge is 0.550 e. The monoisotopic (exact) mass is 481 g/mol. The zero-order valence-corrected chi connectivity index (χ0v) is 21.2. The van der Waals surface area contributed by atoms with E-state index in [1.807, 2.05) is 0 Å². The summed E-state index contributed by atoms with van der Waals surface area (Å²) in [6, 6.07) is 4.02. The van der Waals surface area contributed by atoms with E-state index in [1.54, 1.807) is 19.9 Å². The van der Waals surface area contributed by atoms with E-state index in [-0.39, 0.29) is 60.4 Å². The van der Waals surface area contributed by atoms with Gasteiger partial charge in [0.05, 0.1) is 23.3 Å². The van der Waals surface area contributed by atoms with Crippen LogP contribution in [0.5, 0.6) is 0 Å². The molecule has 0 saturated carbocycles. The molecule has 1 aromatic heterocycles. The number of fused-ring (bicyclic) bond motifs is 1. The van der Waals surface area contributed by atoms with Crippen LogP contribution in [-0.4, -0.2) is 51.7 Å². The predicted octanol–water partition coefficient (Wildman–Crippen LogP) is -2.36. The van der Waals surface area contributed by atoms with Crippen LogP contribution in [0.2, 0.25) is 0 Å². The van der Waals surface area contributed by atoms with Gasteiger partial charge in [-0.15, -0.1) is 0 Å². The average molecular weight is 481 g/mol. The van der Waals surface area contributed by atoms with Gasteiger partial charge in [0, 0.05) is 41.6 Å². The first-order chi connectivity index (χ1) is 15.6. The molecule has 2 atom stereocenters. The number of aryl methyl sites for hydroxylation is 1. The molecule has 1 aromatic carbocycles. The molecule has 0 spiro atoms. The van der Waals surface area contributed by atoms with Crippen molar-refractivity contribution < 1.29 is 63.7 Å². The Morgan fingerprint density at radius 3 is 2.62 bits per heavy atom. The fourth-order valence-corrected chi connectivity index (χ4v) is 3.86. The van der Waals surface area contributed by atoms with Crippen molar-refractivity contribution in [3.05, 3.63) is 52.1 Å². The molecule has 9 nitrogen and oxygen atoms in total. The maximum Gasteiger partial charge on any atom is 1.00 e. The first kappa shape index (κ1) is 27.7. The van der Waals surface area contributed by atoms with E-state index in [9.17, 15) is 34.1 Å². The summed E-state index contributed by atoms with van der Waals surface area (Å²) < 4.78 is 13.7. The Bertz CT molecular complexity index is 1130. The van der Waals surface area contributed by atoms with Gasteiger partial charge in [-0.2, -0.15) is 0 Å². The first-order valence-electron chi connectivity index (χ1n) is 10.4. The second-order valence-corrected chi connectivity index (χ2v) is 8.03. The Kier molecular flexibility index (Phi) is 9.60. The maximum absolute atomic E-state index is 13.7. The van der Waals surface area contributed by atoms with Gasteiger partial charge in [0.25, 0.3) is 11.8 Å². The summed E-state index contributed by atoms with van der Waals surface area (Å²) in [6.07, 6.45) is -1.24. The number of rotatable bonds is 9. The molecule has 11 heteroatoms. The molecule has 0 bridgehead atoms. The van der Waals surface area contributed by atoms with Crippen LogP contribution in [0, 0.1) is 19.7 Å². The van der Waals surface area contributed by atoms with E-state index in [2.05, 4.69) is 15.6 Å².